The van der Waals surface area contributed by atoms with Crippen LogP contribution in [0.15, 0.2) is 255 Å². The van der Waals surface area contributed by atoms with Crippen LogP contribution in [0.3, 0.4) is 0 Å². The molecular formula is C78H84N6. The van der Waals surface area contributed by atoms with Crippen LogP contribution in [0.1, 0.15) is 180 Å². The van der Waals surface area contributed by atoms with E-state index in [0.29, 0.717) is 0 Å². The van der Waals surface area contributed by atoms with Crippen LogP contribution in [-0.4, -0.2) is 36.3 Å². The van der Waals surface area contributed by atoms with E-state index >= 15 is 0 Å². The monoisotopic (exact) mass is 1100 g/mol. The lowest BCUT2D eigenvalue weighted by molar-refractivity contribution is 0.260. The van der Waals surface area contributed by atoms with Crippen molar-refractivity contribution in [1.29, 1.82) is 0 Å². The average molecular weight is 1110 g/mol. The van der Waals surface area contributed by atoms with Crippen LogP contribution in [0.2, 0.25) is 0 Å². The second-order valence-electron chi connectivity index (χ2n) is 24.6. The van der Waals surface area contributed by atoms with Crippen molar-refractivity contribution in [2.24, 2.45) is 0 Å². The normalized spacial score (nSPS) is 27.1. The Morgan fingerprint density at radius 2 is 0.274 bits per heavy atom. The molecule has 6 heteroatoms. The van der Waals surface area contributed by atoms with E-state index < -0.39 is 0 Å². The summed E-state index contributed by atoms with van der Waals surface area (Å²) < 4.78 is 0. The van der Waals surface area contributed by atoms with E-state index in [9.17, 15) is 0 Å². The quantitative estimate of drug-likeness (QED) is 0.0997. The van der Waals surface area contributed by atoms with E-state index in [1.165, 1.54) is 105 Å². The van der Waals surface area contributed by atoms with Crippen molar-refractivity contribution < 1.29 is 0 Å². The maximum absolute atomic E-state index is 4.35. The molecule has 6 unspecified atom stereocenters. The van der Waals surface area contributed by atoms with Crippen LogP contribution in [0.5, 0.6) is 0 Å². The van der Waals surface area contributed by atoms with E-state index in [1.807, 2.05) is 0 Å². The average Bonchev–Trinajstić information content (AvgIpc) is 3.74. The zero-order valence-corrected chi connectivity index (χ0v) is 48.7. The molecule has 3 saturated carbocycles. The molecule has 3 fully saturated rings. The first kappa shape index (κ1) is 55.9. The summed E-state index contributed by atoms with van der Waals surface area (Å²) in [7, 11) is 0. The standard InChI is InChI=1S/C78H84N6/c1-7-25-55(26-8-1)73-61-43-45-62(46-44-61)74(56-27-9-2-10-28-56)81-69-39-21-22-40-70(69)82-77(59-33-15-5-16-34-59)65-51-53-66(54-52-65)78(60-35-17-6-18-36-60)84-72-42-24-23-41-71(72)83-76(58-31-13-4-14-32-58)64-49-47-63(48-50-64)75(57-29-11-3-12-30-57)80-68-38-20-19-37-67(68)79-73/h1-18,25-36,43-54,67-84H,19-24,37-42H2/t67-,68-,69-,70-,71+,72+,73?,74?,75?,76?,77?,78?/m1/s1. The topological polar surface area (TPSA) is 72.2 Å². The minimum absolute atomic E-state index is 0.0205. The molecule has 0 spiro atoms. The van der Waals surface area contributed by atoms with Gasteiger partial charge >= 0.3 is 0 Å². The minimum Gasteiger partial charge on any atom is -0.302 e. The highest BCUT2D eigenvalue weighted by Gasteiger charge is 2.35. The summed E-state index contributed by atoms with van der Waals surface area (Å²) in [5.41, 5.74) is 15.5. The molecule has 426 valence electrons. The molecule has 4 aliphatic heterocycles. The number of fused-ring (bicyclic) bond motifs is 3. The van der Waals surface area contributed by atoms with Gasteiger partial charge in [0.1, 0.15) is 0 Å². The molecule has 0 radical (unpaired) electrons. The van der Waals surface area contributed by atoms with Gasteiger partial charge in [0.2, 0.25) is 0 Å². The number of hydrogen-bond acceptors (Lipinski definition) is 6. The van der Waals surface area contributed by atoms with Gasteiger partial charge in [-0.25, -0.2) is 0 Å². The largest absolute Gasteiger partial charge is 0.302 e. The summed E-state index contributed by atoms with van der Waals surface area (Å²) in [6.07, 6.45) is 13.9. The van der Waals surface area contributed by atoms with Gasteiger partial charge in [0.25, 0.3) is 0 Å². The third-order valence-electron chi connectivity index (χ3n) is 19.2. The first-order valence-corrected chi connectivity index (χ1v) is 31.8. The smallest absolute Gasteiger partial charge is 0.0579 e. The van der Waals surface area contributed by atoms with E-state index in [0.717, 1.165) is 38.5 Å². The third kappa shape index (κ3) is 13.2. The molecule has 0 saturated heterocycles. The maximum atomic E-state index is 4.35. The maximum Gasteiger partial charge on any atom is 0.0579 e. The Morgan fingerprint density at radius 1 is 0.155 bits per heavy atom. The van der Waals surface area contributed by atoms with Crippen LogP contribution < -0.4 is 31.9 Å². The Hall–Kier alpha value is -7.26. The van der Waals surface area contributed by atoms with Gasteiger partial charge in [-0.3, -0.25) is 0 Å². The van der Waals surface area contributed by atoms with Crippen molar-refractivity contribution in [2.75, 3.05) is 0 Å². The molecular weight excluding hydrogens is 1020 g/mol. The van der Waals surface area contributed by atoms with Gasteiger partial charge in [0, 0.05) is 36.3 Å². The summed E-state index contributed by atoms with van der Waals surface area (Å²) in [5.74, 6) is 0. The van der Waals surface area contributed by atoms with Gasteiger partial charge in [-0.15, -0.1) is 0 Å². The fourth-order valence-corrected chi connectivity index (χ4v) is 14.7. The van der Waals surface area contributed by atoms with Crippen molar-refractivity contribution in [2.45, 2.75) is 150 Å². The molecule has 9 aromatic carbocycles. The first-order valence-electron chi connectivity index (χ1n) is 31.8. The molecule has 6 nitrogen and oxygen atoms in total. The first-order chi connectivity index (χ1) is 41.6. The lowest BCUT2D eigenvalue weighted by atomic mass is 9.85. The molecule has 16 rings (SSSR count). The summed E-state index contributed by atoms with van der Waals surface area (Å²) in [5, 5.41) is 26.1. The van der Waals surface area contributed by atoms with Crippen molar-refractivity contribution in [3.05, 3.63) is 322 Å². The summed E-state index contributed by atoms with van der Waals surface area (Å²) >= 11 is 0. The highest BCUT2D eigenvalue weighted by Crippen LogP contribution is 2.37. The summed E-state index contributed by atoms with van der Waals surface area (Å²) in [6, 6.07) is 97.5. The zero-order valence-electron chi connectivity index (χ0n) is 48.7. The second kappa shape index (κ2) is 27.2. The highest BCUT2D eigenvalue weighted by atomic mass is 15.1. The van der Waals surface area contributed by atoms with Crippen LogP contribution in [0, 0.1) is 0 Å². The number of rotatable bonds is 6. The molecule has 6 N–H and O–H groups in total. The molecule has 7 aliphatic rings. The third-order valence-corrected chi connectivity index (χ3v) is 19.2. The number of nitrogens with one attached hydrogen (secondary N) is 6. The Bertz CT molecular complexity index is 2800. The highest BCUT2D eigenvalue weighted by molar-refractivity contribution is 5.42. The van der Waals surface area contributed by atoms with Crippen LogP contribution in [-0.2, 0) is 0 Å². The van der Waals surface area contributed by atoms with Crippen LogP contribution >= 0.6 is 0 Å². The second-order valence-corrected chi connectivity index (χ2v) is 24.6. The molecule has 3 aliphatic carbocycles. The Morgan fingerprint density at radius 3 is 0.405 bits per heavy atom. The van der Waals surface area contributed by atoms with E-state index in [1.54, 1.807) is 0 Å². The van der Waals surface area contributed by atoms with Crippen LogP contribution in [0.4, 0.5) is 0 Å². The molecule has 84 heavy (non-hydrogen) atoms. The van der Waals surface area contributed by atoms with Crippen molar-refractivity contribution in [1.82, 2.24) is 31.9 Å². The van der Waals surface area contributed by atoms with E-state index in [4.69, 9.17) is 0 Å². The van der Waals surface area contributed by atoms with E-state index in [2.05, 4.69) is 287 Å². The fourth-order valence-electron chi connectivity index (χ4n) is 14.7. The number of benzene rings is 9. The molecule has 4 heterocycles. The Kier molecular flexibility index (Phi) is 18.1. The van der Waals surface area contributed by atoms with Gasteiger partial charge in [0.15, 0.2) is 0 Å². The minimum atomic E-state index is 0.0205. The molecule has 9 aromatic rings. The lowest BCUT2D eigenvalue weighted by Gasteiger charge is -2.39. The molecule has 0 aromatic heterocycles. The van der Waals surface area contributed by atoms with Crippen molar-refractivity contribution >= 4 is 0 Å². The van der Waals surface area contributed by atoms with Gasteiger partial charge in [0.05, 0.1) is 36.3 Å². The van der Waals surface area contributed by atoms with Gasteiger partial charge in [-0.05, 0) is 105 Å². The molecule has 12 atom stereocenters. The van der Waals surface area contributed by atoms with Crippen molar-refractivity contribution in [3.63, 3.8) is 0 Å². The summed E-state index contributed by atoms with van der Waals surface area (Å²) in [4.78, 5) is 0. The molecule has 6 bridgehead atoms. The van der Waals surface area contributed by atoms with Gasteiger partial charge in [-0.1, -0.05) is 293 Å². The van der Waals surface area contributed by atoms with Gasteiger partial charge in [-0.2, -0.15) is 0 Å². The van der Waals surface area contributed by atoms with E-state index in [-0.39, 0.29) is 72.5 Å². The zero-order chi connectivity index (χ0) is 56.3. The number of hydrogen-bond donors (Lipinski definition) is 6. The Labute approximate surface area is 500 Å². The predicted octanol–water partition coefficient (Wildman–Crippen LogP) is 16.1. The molecule has 0 amide bonds. The SMILES string of the molecule is c1ccc(C2N[C@H]3CCCC[C@@H]3NC(c3ccccc3)c3ccc(cc3)C(c3ccccc3)N[C@@H]3CCCC[C@H]3NC(c3ccccc3)c3ccc(cc3)C(c3ccccc3)N[C@@H]3CCCC[C@H]3NC(c3ccccc3)c3ccc2cc3)cc1. The Balaban J connectivity index is 0.912. The van der Waals surface area contributed by atoms with Gasteiger partial charge < -0.3 is 31.9 Å². The lowest BCUT2D eigenvalue weighted by Crippen LogP contribution is -2.52. The summed E-state index contributed by atoms with van der Waals surface area (Å²) in [6.45, 7) is 0. The van der Waals surface area contributed by atoms with Crippen LogP contribution in [0.25, 0.3) is 0 Å². The fraction of sp³-hybridized carbons (Fsp3) is 0.308. The van der Waals surface area contributed by atoms with Crippen molar-refractivity contribution in [3.8, 4) is 0 Å². The predicted molar refractivity (Wildman–Crippen MR) is 346 cm³/mol.